The molecule has 9 rings (SSSR count). The van der Waals surface area contributed by atoms with Crippen molar-refractivity contribution >= 4 is 95.4 Å². The number of hydrogen-bond donors (Lipinski definition) is 6. The van der Waals surface area contributed by atoms with Crippen molar-refractivity contribution in [2.45, 2.75) is 144 Å². The molecule has 5 saturated heterocycles. The molecule has 5 aliphatic rings. The first-order chi connectivity index (χ1) is 39.2. The van der Waals surface area contributed by atoms with Gasteiger partial charge in [-0.05, 0) is 187 Å². The Labute approximate surface area is 515 Å². The number of morpholine rings is 2. The number of urea groups is 2. The molecule has 4 amide bonds. The molecule has 5 fully saturated rings. The number of pyridine rings is 2. The molecule has 0 spiro atoms. The molecule has 0 radical (unpaired) electrons. The van der Waals surface area contributed by atoms with E-state index >= 15 is 0 Å². The van der Waals surface area contributed by atoms with Crippen LogP contribution in [-0.2, 0) is 18.8 Å². The fourth-order valence-corrected chi connectivity index (χ4v) is 10.7. The number of aliphatic hydroxyl groups is 2. The highest BCUT2D eigenvalue weighted by atomic mass is 127. The highest BCUT2D eigenvalue weighted by molar-refractivity contribution is 14.1. The van der Waals surface area contributed by atoms with Crippen LogP contribution in [0.2, 0.25) is 0 Å². The maximum Gasteiger partial charge on any atom is 0.495 e. The Morgan fingerprint density at radius 3 is 1.64 bits per heavy atom. The average molecular weight is 1310 g/mol. The Morgan fingerprint density at radius 2 is 1.15 bits per heavy atom. The third-order valence-electron chi connectivity index (χ3n) is 16.5. The minimum Gasteiger partial charge on any atom is -0.399 e. The van der Waals surface area contributed by atoms with Crippen molar-refractivity contribution < 1.29 is 51.8 Å². The summed E-state index contributed by atoms with van der Waals surface area (Å²) >= 11 is 2.29. The number of rotatable bonds is 14. The maximum absolute atomic E-state index is 12.9. The SMILES string of the molecule is CC[C@@H]1CCN(C(=O)Nc2ccc(C)c(-c3cc(N[C@H](C)[C@@H](C)O)nc(N4CCOCC4)c3)c2)C1.C[C@@H](O)[C@@H](C)Nc1cc(I)cc(N2CCOCC2)n1.Cc1ccc(NC(=O)N2CC[C@@H](CC(F)(F)F)C2)cc1B1OC(C)(C)C(C)(C)O1.S. The van der Waals surface area contributed by atoms with Gasteiger partial charge in [0.2, 0.25) is 0 Å². The summed E-state index contributed by atoms with van der Waals surface area (Å²) in [5.41, 5.74) is 5.34. The molecular weight excluding hydrogens is 1220 g/mol. The minimum absolute atomic E-state index is 0. The normalized spacial score (nSPS) is 20.8. The van der Waals surface area contributed by atoms with Gasteiger partial charge in [-0.3, -0.25) is 0 Å². The van der Waals surface area contributed by atoms with Gasteiger partial charge in [0.15, 0.2) is 0 Å². The van der Waals surface area contributed by atoms with Crippen molar-refractivity contribution in [1.29, 1.82) is 0 Å². The van der Waals surface area contributed by atoms with Gasteiger partial charge < -0.3 is 69.9 Å². The standard InChI is InChI=1S/C27H39N5O3.C20H28BF3N2O3.C13H20IN3O2.H2S/c1-5-21-8-9-32(17-21)27(34)29-23-7-6-18(2)24(16-23)22-14-25(28-19(3)20(4)33)30-26(15-22)31-10-12-35-13-11-31;1-13-6-7-15(10-16(13)21-28-18(2,3)19(4,5)29-21)25-17(27)26-9-8-14(12-26)11-20(22,23)24;1-9(10(2)18)15-12-7-11(14)8-13(16-12)17-3-5-19-6-4-17;/h6-7,14-16,19-21,33H,5,8-13,17H2,1-4H3,(H,28,30)(H,29,34);6-7,10,14H,8-9,11-12H2,1-5H3,(H,25,27);7-10,18H,3-6H2,1-2H3,(H,15,16);1H2/t19-,20-,21-;14-;9-,10-;/m101./s1. The van der Waals surface area contributed by atoms with E-state index in [1.54, 1.807) is 26.0 Å². The number of aliphatic hydroxyl groups excluding tert-OH is 2. The number of carbonyl (C=O) groups excluding carboxylic acids is 2. The summed E-state index contributed by atoms with van der Waals surface area (Å²) in [5.74, 6) is 3.42. The molecule has 0 aliphatic carbocycles. The number of halogens is 4. The lowest BCUT2D eigenvalue weighted by Crippen LogP contribution is -2.41. The second kappa shape index (κ2) is 30.2. The molecule has 0 bridgehead atoms. The quantitative estimate of drug-likeness (QED) is 0.0515. The van der Waals surface area contributed by atoms with E-state index in [0.717, 1.165) is 120 Å². The number of amides is 4. The molecule has 6 atom stereocenters. The predicted octanol–water partition coefficient (Wildman–Crippen LogP) is 10.3. The molecule has 2 aromatic heterocycles. The Morgan fingerprint density at radius 1 is 0.690 bits per heavy atom. The van der Waals surface area contributed by atoms with Gasteiger partial charge in [0.25, 0.3) is 0 Å². The predicted molar refractivity (Wildman–Crippen MR) is 343 cm³/mol. The number of carbonyl (C=O) groups is 2. The van der Waals surface area contributed by atoms with Gasteiger partial charge >= 0.3 is 25.4 Å². The summed E-state index contributed by atoms with van der Waals surface area (Å²) < 4.78 is 62.0. The molecule has 2 aromatic carbocycles. The molecule has 0 unspecified atom stereocenters. The largest absolute Gasteiger partial charge is 0.495 e. The van der Waals surface area contributed by atoms with Crippen LogP contribution in [0.1, 0.15) is 99.1 Å². The summed E-state index contributed by atoms with van der Waals surface area (Å²) in [6.45, 7) is 29.7. The molecule has 24 heteroatoms. The van der Waals surface area contributed by atoms with Crippen LogP contribution < -0.4 is 36.5 Å². The number of aromatic nitrogens is 2. The van der Waals surface area contributed by atoms with Crippen LogP contribution in [0.4, 0.5) is 57.4 Å². The minimum atomic E-state index is -4.20. The van der Waals surface area contributed by atoms with E-state index in [4.69, 9.17) is 23.8 Å². The Balaban J connectivity index is 0.000000209. The number of nitrogens with one attached hydrogen (secondary N) is 4. The molecular formula is C60H89BF3IN10O8S. The first-order valence-electron chi connectivity index (χ1n) is 29.2. The first-order valence-corrected chi connectivity index (χ1v) is 30.3. The zero-order chi connectivity index (χ0) is 60.4. The molecule has 5 aliphatic heterocycles. The van der Waals surface area contributed by atoms with Crippen molar-refractivity contribution in [3.05, 3.63) is 75.4 Å². The second-order valence-electron chi connectivity index (χ2n) is 23.7. The van der Waals surface area contributed by atoms with Crippen molar-refractivity contribution in [3.63, 3.8) is 0 Å². The average Bonchev–Trinajstić information content (AvgIpc) is 3.88. The van der Waals surface area contributed by atoms with E-state index in [0.29, 0.717) is 43.6 Å². The zero-order valence-corrected chi connectivity index (χ0v) is 53.8. The maximum atomic E-state index is 12.9. The lowest BCUT2D eigenvalue weighted by molar-refractivity contribution is -0.143. The number of alkyl halides is 3. The van der Waals surface area contributed by atoms with E-state index in [2.05, 4.69) is 84.6 Å². The van der Waals surface area contributed by atoms with Crippen LogP contribution in [0.25, 0.3) is 11.1 Å². The smallest absolute Gasteiger partial charge is 0.399 e. The fraction of sp³-hybridized carbons (Fsp3) is 0.600. The number of nitrogens with zero attached hydrogens (tertiary/aromatic N) is 6. The van der Waals surface area contributed by atoms with Crippen LogP contribution in [0.5, 0.6) is 0 Å². The molecule has 0 saturated carbocycles. The van der Waals surface area contributed by atoms with Crippen LogP contribution in [-0.4, -0.2) is 170 Å². The summed E-state index contributed by atoms with van der Waals surface area (Å²) in [6, 6.07) is 19.1. The topological polar surface area (TPSA) is 198 Å². The van der Waals surface area contributed by atoms with E-state index in [1.807, 2.05) is 89.8 Å². The molecule has 7 heterocycles. The Hall–Kier alpha value is -4.83. The van der Waals surface area contributed by atoms with Gasteiger partial charge in [-0.1, -0.05) is 31.0 Å². The second-order valence-corrected chi connectivity index (χ2v) is 24.9. The summed E-state index contributed by atoms with van der Waals surface area (Å²) in [5, 5.41) is 32.0. The number of aryl methyl sites for hydroxylation is 2. The molecule has 464 valence electrons. The van der Waals surface area contributed by atoms with Crippen LogP contribution in [0.15, 0.2) is 60.7 Å². The zero-order valence-electron chi connectivity index (χ0n) is 50.7. The van der Waals surface area contributed by atoms with Crippen LogP contribution >= 0.6 is 36.1 Å². The van der Waals surface area contributed by atoms with Crippen molar-refractivity contribution in [3.8, 4) is 11.1 Å². The Kier molecular flexibility index (Phi) is 24.5. The van der Waals surface area contributed by atoms with E-state index in [-0.39, 0.29) is 38.2 Å². The lowest BCUT2D eigenvalue weighted by Gasteiger charge is -2.32. The number of benzene rings is 2. The number of likely N-dealkylation sites (tertiary alicyclic amines) is 2. The first kappa shape index (κ1) is 68.3. The molecule has 18 nitrogen and oxygen atoms in total. The van der Waals surface area contributed by atoms with Gasteiger partial charge in [-0.15, -0.1) is 0 Å². The molecule has 84 heavy (non-hydrogen) atoms. The summed E-state index contributed by atoms with van der Waals surface area (Å²) in [7, 11) is -0.556. The van der Waals surface area contributed by atoms with Crippen molar-refractivity contribution in [1.82, 2.24) is 19.8 Å². The third kappa shape index (κ3) is 19.1. The van der Waals surface area contributed by atoms with Crippen molar-refractivity contribution in [2.75, 3.05) is 110 Å². The summed E-state index contributed by atoms with van der Waals surface area (Å²) in [6.07, 6.45) is -3.43. The van der Waals surface area contributed by atoms with Gasteiger partial charge in [0.1, 0.15) is 23.3 Å². The van der Waals surface area contributed by atoms with Crippen LogP contribution in [0, 0.1) is 29.3 Å². The lowest BCUT2D eigenvalue weighted by atomic mass is 9.76. The van der Waals surface area contributed by atoms with Crippen LogP contribution in [0.3, 0.4) is 0 Å². The van der Waals surface area contributed by atoms with E-state index in [1.165, 1.54) is 4.90 Å². The van der Waals surface area contributed by atoms with E-state index < -0.39 is 55.1 Å². The highest BCUT2D eigenvalue weighted by Gasteiger charge is 2.52. The van der Waals surface area contributed by atoms with Gasteiger partial charge in [0.05, 0.1) is 61.9 Å². The Bertz CT molecular complexity index is 2800. The summed E-state index contributed by atoms with van der Waals surface area (Å²) in [4.78, 5) is 42.6. The highest BCUT2D eigenvalue weighted by Crippen LogP contribution is 2.38. The number of hydrogen-bond acceptors (Lipinski definition) is 14. The van der Waals surface area contributed by atoms with Gasteiger partial charge in [0, 0.05) is 73.7 Å². The monoisotopic (exact) mass is 1300 g/mol. The molecule has 4 aromatic rings. The number of ether oxygens (including phenoxy) is 2. The van der Waals surface area contributed by atoms with Gasteiger partial charge in [-0.2, -0.15) is 26.7 Å². The van der Waals surface area contributed by atoms with E-state index in [9.17, 15) is 33.0 Å². The van der Waals surface area contributed by atoms with Crippen molar-refractivity contribution in [2.24, 2.45) is 11.8 Å². The molecule has 6 N–H and O–H groups in total. The number of anilines is 6. The third-order valence-corrected chi connectivity index (χ3v) is 17.2. The van der Waals surface area contributed by atoms with Gasteiger partial charge in [-0.25, -0.2) is 19.6 Å². The fourth-order valence-electron chi connectivity index (χ4n) is 10.1.